The fourth-order valence-corrected chi connectivity index (χ4v) is 6.53. The minimum absolute atomic E-state index is 0.0122. The summed E-state index contributed by atoms with van der Waals surface area (Å²) >= 11 is 0. The third-order valence-corrected chi connectivity index (χ3v) is 10.3. The van der Waals surface area contributed by atoms with Gasteiger partial charge in [-0.25, -0.2) is 4.57 Å². The number of epoxide rings is 1. The Morgan fingerprint density at radius 3 is 1.75 bits per heavy atom. The molecule has 1 heterocycles. The van der Waals surface area contributed by atoms with Crippen LogP contribution in [0.25, 0.3) is 0 Å². The van der Waals surface area contributed by atoms with Crippen molar-refractivity contribution in [2.24, 2.45) is 0 Å². The Balaban J connectivity index is 2.30. The number of quaternary nitrogens is 1. The minimum Gasteiger partial charge on any atom is -0.498 e. The van der Waals surface area contributed by atoms with E-state index in [9.17, 15) is 14.3 Å². The average molecular weight is 807 g/mol. The Kier molecular flexibility index (Phi) is 32.1. The normalized spacial score (nSPS) is 18.0. The van der Waals surface area contributed by atoms with Crippen LogP contribution in [0, 0.1) is 0 Å². The SMILES string of the molecule is CCCCCCCCCCCCCC/C=C\OCC(COP(=O)(O)OCC[N+](C)(C)C)OC(=O)CC/C=C\C/C=C\C/C=C\C/C=C\C/C=C\CC1OC1CC. The van der Waals surface area contributed by atoms with Gasteiger partial charge in [-0.1, -0.05) is 145 Å². The number of nitrogens with zero attached hydrogens (tertiary/aromatic N) is 1. The highest BCUT2D eigenvalue weighted by molar-refractivity contribution is 7.47. The van der Waals surface area contributed by atoms with Crippen LogP contribution in [0.3, 0.4) is 0 Å². The molecule has 1 aliphatic rings. The van der Waals surface area contributed by atoms with Gasteiger partial charge in [0.05, 0.1) is 46.2 Å². The summed E-state index contributed by atoms with van der Waals surface area (Å²) in [5.74, 6) is -0.422. The van der Waals surface area contributed by atoms with Gasteiger partial charge in [0, 0.05) is 6.42 Å². The van der Waals surface area contributed by atoms with Crippen LogP contribution in [-0.4, -0.2) is 81.2 Å². The fourth-order valence-electron chi connectivity index (χ4n) is 5.79. The molecule has 0 radical (unpaired) electrons. The minimum atomic E-state index is -4.32. The topological polar surface area (TPSA) is 104 Å². The molecule has 4 unspecified atom stereocenters. The standard InChI is InChI=1S/C46H80NO8P/c1-6-8-9-10-11-12-13-14-20-23-26-29-32-35-39-51-41-43(42-53-56(49,50)52-40-38-47(3,4)5)54-46(48)37-34-31-28-25-22-19-17-15-16-18-21-24-27-30-33-36-45-44(7-2)55-45/h15-16,19,21-22,24,28,30-31,33,35,39,43-45H,6-14,17-18,20,23,25-27,29,32,34,36-38,40-42H2,1-5H3/p+1/b16-15-,22-19-,24-21-,31-28-,33-30-,39-35-. The van der Waals surface area contributed by atoms with Crippen LogP contribution in [0.2, 0.25) is 0 Å². The van der Waals surface area contributed by atoms with Crippen LogP contribution in [0.5, 0.6) is 0 Å². The van der Waals surface area contributed by atoms with Gasteiger partial charge in [0.2, 0.25) is 0 Å². The van der Waals surface area contributed by atoms with Gasteiger partial charge in [0.25, 0.3) is 0 Å². The molecule has 0 aromatic rings. The number of esters is 1. The Labute approximate surface area is 342 Å². The first-order valence-electron chi connectivity index (χ1n) is 21.8. The van der Waals surface area contributed by atoms with Crippen molar-refractivity contribution in [2.45, 2.75) is 167 Å². The molecule has 322 valence electrons. The molecule has 1 fully saturated rings. The van der Waals surface area contributed by atoms with Crippen molar-refractivity contribution in [3.63, 3.8) is 0 Å². The number of carbonyl (C=O) groups is 1. The van der Waals surface area contributed by atoms with Gasteiger partial charge in [-0.15, -0.1) is 0 Å². The molecule has 0 aromatic heterocycles. The highest BCUT2D eigenvalue weighted by Crippen LogP contribution is 2.43. The van der Waals surface area contributed by atoms with Crippen molar-refractivity contribution in [2.75, 3.05) is 47.5 Å². The molecule has 4 atom stereocenters. The van der Waals surface area contributed by atoms with Crippen molar-refractivity contribution >= 4 is 13.8 Å². The predicted octanol–water partition coefficient (Wildman–Crippen LogP) is 12.0. The van der Waals surface area contributed by atoms with Gasteiger partial charge in [-0.05, 0) is 63.9 Å². The van der Waals surface area contributed by atoms with E-state index in [-0.39, 0.29) is 26.2 Å². The zero-order chi connectivity index (χ0) is 41.0. The van der Waals surface area contributed by atoms with Gasteiger partial charge >= 0.3 is 13.8 Å². The number of hydrogen-bond acceptors (Lipinski definition) is 7. The van der Waals surface area contributed by atoms with E-state index in [1.807, 2.05) is 39.4 Å². The molecule has 0 spiro atoms. The summed E-state index contributed by atoms with van der Waals surface area (Å²) in [6, 6.07) is 0. The van der Waals surface area contributed by atoms with E-state index in [1.165, 1.54) is 70.6 Å². The van der Waals surface area contributed by atoms with Gasteiger partial charge < -0.3 is 23.6 Å². The summed E-state index contributed by atoms with van der Waals surface area (Å²) in [4.78, 5) is 22.8. The third-order valence-electron chi connectivity index (χ3n) is 9.33. The quantitative estimate of drug-likeness (QED) is 0.0125. The number of carbonyl (C=O) groups excluding carboxylic acids is 1. The molecule has 56 heavy (non-hydrogen) atoms. The highest BCUT2D eigenvalue weighted by atomic mass is 31.2. The molecule has 0 aromatic carbocycles. The average Bonchev–Trinajstić information content (AvgIpc) is 3.92. The molecule has 0 bridgehead atoms. The lowest BCUT2D eigenvalue weighted by molar-refractivity contribution is -0.870. The van der Waals surface area contributed by atoms with E-state index in [1.54, 1.807) is 6.26 Å². The molecule has 9 nitrogen and oxygen atoms in total. The van der Waals surface area contributed by atoms with Gasteiger partial charge in [0.15, 0.2) is 6.10 Å². The van der Waals surface area contributed by atoms with E-state index < -0.39 is 19.9 Å². The van der Waals surface area contributed by atoms with Crippen LogP contribution >= 0.6 is 7.82 Å². The lowest BCUT2D eigenvalue weighted by atomic mass is 10.0. The molecule has 1 aliphatic heterocycles. The first-order chi connectivity index (χ1) is 27.1. The Morgan fingerprint density at radius 2 is 1.21 bits per heavy atom. The number of allylic oxidation sites excluding steroid dienone is 10. The van der Waals surface area contributed by atoms with Crippen molar-refractivity contribution in [3.8, 4) is 0 Å². The van der Waals surface area contributed by atoms with E-state index in [0.29, 0.717) is 29.7 Å². The second-order valence-corrected chi connectivity index (χ2v) is 17.3. The van der Waals surface area contributed by atoms with Crippen LogP contribution in [0.15, 0.2) is 73.1 Å². The summed E-state index contributed by atoms with van der Waals surface area (Å²) in [7, 11) is 1.57. The van der Waals surface area contributed by atoms with Crippen molar-refractivity contribution in [1.29, 1.82) is 0 Å². The number of unbranched alkanes of at least 4 members (excludes halogenated alkanes) is 12. The number of rotatable bonds is 38. The summed E-state index contributed by atoms with van der Waals surface area (Å²) in [6.45, 7) is 4.73. The van der Waals surface area contributed by atoms with Crippen molar-refractivity contribution < 1.29 is 42.0 Å². The summed E-state index contributed by atoms with van der Waals surface area (Å²) in [6.07, 6.45) is 48.1. The third kappa shape index (κ3) is 34.9. The number of phosphoric acid groups is 1. The maximum absolute atomic E-state index is 12.6. The molecule has 1 saturated heterocycles. The first-order valence-corrected chi connectivity index (χ1v) is 23.3. The Morgan fingerprint density at radius 1 is 0.679 bits per heavy atom. The second kappa shape index (κ2) is 34.8. The number of phosphoric ester groups is 1. The highest BCUT2D eigenvalue weighted by Gasteiger charge is 2.35. The number of ether oxygens (including phenoxy) is 3. The van der Waals surface area contributed by atoms with Crippen molar-refractivity contribution in [1.82, 2.24) is 0 Å². The number of likely N-dealkylation sites (N-methyl/N-ethyl adjacent to an activating group) is 1. The molecular weight excluding hydrogens is 725 g/mol. The van der Waals surface area contributed by atoms with Crippen LogP contribution in [-0.2, 0) is 32.6 Å². The first kappa shape index (κ1) is 51.8. The number of hydrogen-bond donors (Lipinski definition) is 1. The molecular formula is C46H81NO8P+. The van der Waals surface area contributed by atoms with Gasteiger partial charge in [0.1, 0.15) is 19.8 Å². The van der Waals surface area contributed by atoms with E-state index in [0.717, 1.165) is 51.4 Å². The van der Waals surface area contributed by atoms with Crippen LogP contribution in [0.1, 0.15) is 149 Å². The zero-order valence-electron chi connectivity index (χ0n) is 36.0. The molecule has 0 aliphatic carbocycles. The molecule has 1 rings (SSSR count). The monoisotopic (exact) mass is 807 g/mol. The smallest absolute Gasteiger partial charge is 0.472 e. The van der Waals surface area contributed by atoms with Crippen LogP contribution in [0.4, 0.5) is 0 Å². The Hall–Kier alpha value is -2.26. The molecule has 10 heteroatoms. The lowest BCUT2D eigenvalue weighted by Crippen LogP contribution is -2.37. The largest absolute Gasteiger partial charge is 0.498 e. The summed E-state index contributed by atoms with van der Waals surface area (Å²) in [5.41, 5.74) is 0. The zero-order valence-corrected chi connectivity index (χ0v) is 36.9. The Bertz CT molecular complexity index is 1190. The molecule has 0 saturated carbocycles. The maximum Gasteiger partial charge on any atom is 0.472 e. The predicted molar refractivity (Wildman–Crippen MR) is 232 cm³/mol. The maximum atomic E-state index is 12.6. The van der Waals surface area contributed by atoms with Crippen molar-refractivity contribution in [3.05, 3.63) is 73.1 Å². The van der Waals surface area contributed by atoms with Gasteiger partial charge in [-0.2, -0.15) is 0 Å². The molecule has 0 amide bonds. The summed E-state index contributed by atoms with van der Waals surface area (Å²) < 4.78 is 40.2. The lowest BCUT2D eigenvalue weighted by Gasteiger charge is -2.24. The summed E-state index contributed by atoms with van der Waals surface area (Å²) in [5, 5.41) is 0. The van der Waals surface area contributed by atoms with E-state index in [4.69, 9.17) is 23.3 Å². The van der Waals surface area contributed by atoms with E-state index in [2.05, 4.69) is 62.5 Å². The second-order valence-electron chi connectivity index (χ2n) is 15.8. The van der Waals surface area contributed by atoms with Crippen LogP contribution < -0.4 is 0 Å². The molecule has 1 N–H and O–H groups in total. The van der Waals surface area contributed by atoms with E-state index >= 15 is 0 Å². The fraction of sp³-hybridized carbons (Fsp3) is 0.717. The van der Waals surface area contributed by atoms with Gasteiger partial charge in [-0.3, -0.25) is 13.8 Å².